The fourth-order valence-electron chi connectivity index (χ4n) is 2.74. The largest absolute Gasteiger partial charge is 0.351 e. The minimum absolute atomic E-state index is 0. The van der Waals surface area contributed by atoms with Crippen molar-refractivity contribution in [3.8, 4) is 0 Å². The Hall–Kier alpha value is -0.710. The van der Waals surface area contributed by atoms with Gasteiger partial charge in [0.1, 0.15) is 5.54 Å². The van der Waals surface area contributed by atoms with Crippen LogP contribution in [0.5, 0.6) is 0 Å². The van der Waals surface area contributed by atoms with Crippen LogP contribution in [-0.2, 0) is 10.3 Å². The molecule has 0 aliphatic heterocycles. The predicted molar refractivity (Wildman–Crippen MR) is 92.9 cm³/mol. The van der Waals surface area contributed by atoms with Gasteiger partial charge in [-0.25, -0.2) is 0 Å². The Bertz CT molecular complexity index is 453. The molecular formula is C16H25ClN2OS. The monoisotopic (exact) mass is 328 g/mol. The standard InChI is InChI=1S/C16H24N2OS.ClH/c1-16(17,12-7-4-3-5-8-12)15(19)18-13-9-6-10-14(11-13)20-2;/h3-5,7-8,13-14H,6,9-11,17H2,1-2H3,(H,18,19);1H. The number of carbonyl (C=O) groups excluding carboxylic acids is 1. The Morgan fingerprint density at radius 3 is 2.62 bits per heavy atom. The molecular weight excluding hydrogens is 304 g/mol. The van der Waals surface area contributed by atoms with Crippen molar-refractivity contribution in [1.29, 1.82) is 0 Å². The Morgan fingerprint density at radius 2 is 2.00 bits per heavy atom. The van der Waals surface area contributed by atoms with E-state index in [1.54, 1.807) is 6.92 Å². The number of halogens is 1. The summed E-state index contributed by atoms with van der Waals surface area (Å²) in [5.74, 6) is -0.0737. The molecule has 1 aromatic rings. The molecule has 5 heteroatoms. The second-order valence-corrected chi connectivity index (χ2v) is 6.90. The van der Waals surface area contributed by atoms with Crippen LogP contribution in [0.25, 0.3) is 0 Å². The average molecular weight is 329 g/mol. The molecule has 0 spiro atoms. The zero-order valence-electron chi connectivity index (χ0n) is 12.7. The van der Waals surface area contributed by atoms with Crippen LogP contribution in [0.3, 0.4) is 0 Å². The second-order valence-electron chi connectivity index (χ2n) is 5.76. The highest BCUT2D eigenvalue weighted by molar-refractivity contribution is 7.99. The number of carbonyl (C=O) groups is 1. The normalized spacial score (nSPS) is 24.5. The molecule has 1 fully saturated rings. The van der Waals surface area contributed by atoms with Gasteiger partial charge in [0.2, 0.25) is 5.91 Å². The highest BCUT2D eigenvalue weighted by Crippen LogP contribution is 2.27. The van der Waals surface area contributed by atoms with Gasteiger partial charge in [-0.05, 0) is 38.0 Å². The van der Waals surface area contributed by atoms with Crippen molar-refractivity contribution in [2.45, 2.75) is 49.4 Å². The highest BCUT2D eigenvalue weighted by atomic mass is 35.5. The minimum atomic E-state index is -0.965. The smallest absolute Gasteiger partial charge is 0.244 e. The van der Waals surface area contributed by atoms with E-state index in [0.29, 0.717) is 5.25 Å². The van der Waals surface area contributed by atoms with Crippen molar-refractivity contribution in [1.82, 2.24) is 5.32 Å². The summed E-state index contributed by atoms with van der Waals surface area (Å²) < 4.78 is 0. The van der Waals surface area contributed by atoms with Crippen LogP contribution in [0.15, 0.2) is 30.3 Å². The van der Waals surface area contributed by atoms with Gasteiger partial charge in [-0.2, -0.15) is 11.8 Å². The second kappa shape index (κ2) is 8.06. The number of nitrogens with two attached hydrogens (primary N) is 1. The Kier molecular flexibility index (Phi) is 7.04. The molecule has 0 aromatic heterocycles. The highest BCUT2D eigenvalue weighted by Gasteiger charge is 2.33. The Labute approximate surface area is 137 Å². The van der Waals surface area contributed by atoms with E-state index in [1.807, 2.05) is 42.1 Å². The van der Waals surface area contributed by atoms with Crippen molar-refractivity contribution >= 4 is 30.1 Å². The van der Waals surface area contributed by atoms with Crippen molar-refractivity contribution in [2.75, 3.05) is 6.26 Å². The van der Waals surface area contributed by atoms with Crippen LogP contribution in [0.2, 0.25) is 0 Å². The van der Waals surface area contributed by atoms with Crippen LogP contribution < -0.4 is 11.1 Å². The average Bonchev–Trinajstić information content (AvgIpc) is 2.48. The number of hydrogen-bond acceptors (Lipinski definition) is 3. The number of thioether (sulfide) groups is 1. The maximum absolute atomic E-state index is 12.5. The lowest BCUT2D eigenvalue weighted by Crippen LogP contribution is -2.52. The first-order valence-electron chi connectivity index (χ1n) is 7.22. The lowest BCUT2D eigenvalue weighted by Gasteiger charge is -2.32. The van der Waals surface area contributed by atoms with Crippen LogP contribution in [0.1, 0.15) is 38.2 Å². The summed E-state index contributed by atoms with van der Waals surface area (Å²) in [6, 6.07) is 9.84. The van der Waals surface area contributed by atoms with Crippen molar-refractivity contribution < 1.29 is 4.79 Å². The van der Waals surface area contributed by atoms with Gasteiger partial charge in [-0.1, -0.05) is 36.8 Å². The predicted octanol–water partition coefficient (Wildman–Crippen LogP) is 3.07. The van der Waals surface area contributed by atoms with Crippen LogP contribution in [0, 0.1) is 0 Å². The fraction of sp³-hybridized carbons (Fsp3) is 0.562. The summed E-state index contributed by atoms with van der Waals surface area (Å²) in [7, 11) is 0. The van der Waals surface area contributed by atoms with E-state index in [2.05, 4.69) is 11.6 Å². The quantitative estimate of drug-likeness (QED) is 0.893. The van der Waals surface area contributed by atoms with Gasteiger partial charge in [-0.15, -0.1) is 12.4 Å². The summed E-state index contributed by atoms with van der Waals surface area (Å²) in [5, 5.41) is 3.81. The summed E-state index contributed by atoms with van der Waals surface area (Å²) in [6.45, 7) is 1.78. The molecule has 1 aliphatic rings. The number of amides is 1. The molecule has 3 atom stereocenters. The van der Waals surface area contributed by atoms with Gasteiger partial charge in [0.25, 0.3) is 0 Å². The van der Waals surface area contributed by atoms with Crippen LogP contribution >= 0.6 is 24.2 Å². The summed E-state index contributed by atoms with van der Waals surface area (Å²) in [5.41, 5.74) is 6.14. The van der Waals surface area contributed by atoms with E-state index in [1.165, 1.54) is 12.8 Å². The number of rotatable bonds is 4. The zero-order valence-corrected chi connectivity index (χ0v) is 14.3. The van der Waals surface area contributed by atoms with E-state index in [4.69, 9.17) is 5.73 Å². The molecule has 1 amide bonds. The molecule has 3 N–H and O–H groups in total. The van der Waals surface area contributed by atoms with Gasteiger partial charge in [0.05, 0.1) is 0 Å². The van der Waals surface area contributed by atoms with Crippen molar-refractivity contribution in [3.63, 3.8) is 0 Å². The van der Waals surface area contributed by atoms with Crippen LogP contribution in [0.4, 0.5) is 0 Å². The van der Waals surface area contributed by atoms with Gasteiger partial charge in [-0.3, -0.25) is 4.79 Å². The Morgan fingerprint density at radius 1 is 1.33 bits per heavy atom. The third kappa shape index (κ3) is 4.63. The number of benzene rings is 1. The lowest BCUT2D eigenvalue weighted by molar-refractivity contribution is -0.127. The van der Waals surface area contributed by atoms with Gasteiger partial charge >= 0.3 is 0 Å². The van der Waals surface area contributed by atoms with Crippen LogP contribution in [-0.4, -0.2) is 23.5 Å². The van der Waals surface area contributed by atoms with E-state index >= 15 is 0 Å². The molecule has 3 unspecified atom stereocenters. The first-order valence-corrected chi connectivity index (χ1v) is 8.51. The van der Waals surface area contributed by atoms with Gasteiger partial charge in [0.15, 0.2) is 0 Å². The molecule has 0 heterocycles. The SMILES string of the molecule is CSC1CCCC(NC(=O)C(C)(N)c2ccccc2)C1.Cl. The molecule has 0 radical (unpaired) electrons. The number of hydrogen-bond donors (Lipinski definition) is 2. The number of nitrogens with one attached hydrogen (secondary N) is 1. The minimum Gasteiger partial charge on any atom is -0.351 e. The molecule has 1 aliphatic carbocycles. The first-order chi connectivity index (χ1) is 9.54. The fourth-order valence-corrected chi connectivity index (χ4v) is 3.57. The molecule has 3 nitrogen and oxygen atoms in total. The van der Waals surface area contributed by atoms with Crippen molar-refractivity contribution in [2.24, 2.45) is 5.73 Å². The van der Waals surface area contributed by atoms with E-state index in [0.717, 1.165) is 18.4 Å². The molecule has 0 bridgehead atoms. The summed E-state index contributed by atoms with van der Waals surface area (Å²) >= 11 is 1.90. The Balaban J connectivity index is 0.00000220. The molecule has 21 heavy (non-hydrogen) atoms. The molecule has 1 aromatic carbocycles. The summed E-state index contributed by atoms with van der Waals surface area (Å²) in [4.78, 5) is 12.5. The molecule has 2 rings (SSSR count). The third-order valence-corrected chi connectivity index (χ3v) is 5.23. The van der Waals surface area contributed by atoms with E-state index in [9.17, 15) is 4.79 Å². The van der Waals surface area contributed by atoms with Gasteiger partial charge < -0.3 is 11.1 Å². The molecule has 1 saturated carbocycles. The van der Waals surface area contributed by atoms with E-state index < -0.39 is 5.54 Å². The maximum Gasteiger partial charge on any atom is 0.244 e. The maximum atomic E-state index is 12.5. The zero-order chi connectivity index (χ0) is 14.6. The van der Waals surface area contributed by atoms with Gasteiger partial charge in [0, 0.05) is 11.3 Å². The summed E-state index contributed by atoms with van der Waals surface area (Å²) in [6.07, 6.45) is 6.70. The molecule has 0 saturated heterocycles. The topological polar surface area (TPSA) is 55.1 Å². The van der Waals surface area contributed by atoms with Crippen molar-refractivity contribution in [3.05, 3.63) is 35.9 Å². The lowest BCUT2D eigenvalue weighted by atomic mass is 9.90. The first kappa shape index (κ1) is 18.3. The molecule has 118 valence electrons. The third-order valence-electron chi connectivity index (χ3n) is 4.14. The van der Waals surface area contributed by atoms with E-state index in [-0.39, 0.29) is 24.4 Å².